The first kappa shape index (κ1) is 8.15. The van der Waals surface area contributed by atoms with E-state index in [1.807, 2.05) is 0 Å². The van der Waals surface area contributed by atoms with Gasteiger partial charge >= 0.3 is 0 Å². The van der Waals surface area contributed by atoms with Crippen molar-refractivity contribution in [2.24, 2.45) is 5.41 Å². The molecule has 0 aromatic rings. The minimum atomic E-state index is 0.392. The maximum atomic E-state index is 2.56. The van der Waals surface area contributed by atoms with Crippen LogP contribution in [0.2, 0.25) is 0 Å². The summed E-state index contributed by atoms with van der Waals surface area (Å²) < 4.78 is 0. The van der Waals surface area contributed by atoms with E-state index in [4.69, 9.17) is 0 Å². The van der Waals surface area contributed by atoms with Gasteiger partial charge in [0.05, 0.1) is 6.04 Å². The zero-order chi connectivity index (χ0) is 9.09. The van der Waals surface area contributed by atoms with Gasteiger partial charge in [0.15, 0.2) is 0 Å². The molecule has 1 unspecified atom stereocenters. The van der Waals surface area contributed by atoms with Crippen LogP contribution in [0.25, 0.3) is 0 Å². The van der Waals surface area contributed by atoms with Gasteiger partial charge in [-0.3, -0.25) is 0 Å². The van der Waals surface area contributed by atoms with Crippen LogP contribution in [0.3, 0.4) is 0 Å². The minimum Gasteiger partial charge on any atom is -0.362 e. The first-order chi connectivity index (χ1) is 5.43. The molecule has 0 N–H and O–H groups in total. The normalized spacial score (nSPS) is 34.2. The van der Waals surface area contributed by atoms with Gasteiger partial charge in [0, 0.05) is 11.7 Å². The lowest BCUT2D eigenvalue weighted by Crippen LogP contribution is -2.17. The topological polar surface area (TPSA) is 3.01 Å². The smallest absolute Gasteiger partial charge is 0.0663 e. The van der Waals surface area contributed by atoms with Crippen LogP contribution in [0.5, 0.6) is 0 Å². The summed E-state index contributed by atoms with van der Waals surface area (Å²) in [7, 11) is 0. The Morgan fingerprint density at radius 2 is 1.83 bits per heavy atom. The van der Waals surface area contributed by atoms with Gasteiger partial charge in [-0.05, 0) is 31.3 Å². The zero-order valence-corrected chi connectivity index (χ0v) is 8.81. The van der Waals surface area contributed by atoms with E-state index >= 15 is 0 Å². The molecule has 1 nitrogen and oxygen atoms in total. The number of hydrogen-bond donors (Lipinski definition) is 0. The summed E-state index contributed by atoms with van der Waals surface area (Å²) >= 11 is 0. The van der Waals surface area contributed by atoms with Gasteiger partial charge in [0.25, 0.3) is 0 Å². The standard InChI is InChI=1S/C11H19N/c1-7-6-9(11(3,4)5)10-8(2)12(7)10/h7-8H,6H2,1-5H3/t7-,8?,12?/m1/s1. The molecule has 12 heavy (non-hydrogen) atoms. The fourth-order valence-corrected chi connectivity index (χ4v) is 2.53. The lowest BCUT2D eigenvalue weighted by Gasteiger charge is -2.22. The van der Waals surface area contributed by atoms with E-state index in [2.05, 4.69) is 39.5 Å². The van der Waals surface area contributed by atoms with E-state index in [0.29, 0.717) is 5.41 Å². The van der Waals surface area contributed by atoms with Crippen molar-refractivity contribution in [2.45, 2.75) is 53.1 Å². The summed E-state index contributed by atoms with van der Waals surface area (Å²) in [4.78, 5) is 2.56. The van der Waals surface area contributed by atoms with Crippen molar-refractivity contribution in [2.75, 3.05) is 0 Å². The van der Waals surface area contributed by atoms with Crippen molar-refractivity contribution in [3.63, 3.8) is 0 Å². The van der Waals surface area contributed by atoms with Gasteiger partial charge in [-0.15, -0.1) is 0 Å². The van der Waals surface area contributed by atoms with Crippen molar-refractivity contribution in [1.29, 1.82) is 0 Å². The summed E-state index contributed by atoms with van der Waals surface area (Å²) in [5.41, 5.74) is 3.74. The van der Waals surface area contributed by atoms with Gasteiger partial charge in [-0.2, -0.15) is 0 Å². The van der Waals surface area contributed by atoms with Crippen molar-refractivity contribution in [3.8, 4) is 0 Å². The minimum absolute atomic E-state index is 0.392. The molecule has 0 aliphatic carbocycles. The lowest BCUT2D eigenvalue weighted by molar-refractivity contribution is 0.406. The highest BCUT2D eigenvalue weighted by molar-refractivity contribution is 5.40. The molecule has 0 aromatic carbocycles. The number of nitrogens with zero attached hydrogens (tertiary/aromatic N) is 1. The second-order valence-corrected chi connectivity index (χ2v) is 5.25. The molecule has 1 fully saturated rings. The van der Waals surface area contributed by atoms with Crippen molar-refractivity contribution >= 4 is 0 Å². The average molecular weight is 165 g/mol. The zero-order valence-electron chi connectivity index (χ0n) is 8.81. The quantitative estimate of drug-likeness (QED) is 0.499. The van der Waals surface area contributed by atoms with E-state index in [1.54, 1.807) is 11.3 Å². The molecule has 2 aliphatic heterocycles. The summed E-state index contributed by atoms with van der Waals surface area (Å²) in [6, 6.07) is 1.52. The Labute approximate surface area is 75.4 Å². The molecule has 1 heteroatoms. The largest absolute Gasteiger partial charge is 0.362 e. The molecule has 2 heterocycles. The summed E-state index contributed by atoms with van der Waals surface area (Å²) in [5.74, 6) is 0. The van der Waals surface area contributed by atoms with E-state index in [9.17, 15) is 0 Å². The fraction of sp³-hybridized carbons (Fsp3) is 0.818. The van der Waals surface area contributed by atoms with Crippen LogP contribution in [0.15, 0.2) is 11.3 Å². The molecule has 2 atom stereocenters. The van der Waals surface area contributed by atoms with Gasteiger partial charge in [0.2, 0.25) is 0 Å². The van der Waals surface area contributed by atoms with Crippen molar-refractivity contribution in [1.82, 2.24) is 4.90 Å². The Hall–Kier alpha value is -0.460. The van der Waals surface area contributed by atoms with Gasteiger partial charge < -0.3 is 4.90 Å². The molecule has 0 saturated carbocycles. The number of rotatable bonds is 0. The molecule has 0 aromatic heterocycles. The lowest BCUT2D eigenvalue weighted by atomic mass is 9.83. The fourth-order valence-electron chi connectivity index (χ4n) is 2.53. The van der Waals surface area contributed by atoms with Crippen LogP contribution >= 0.6 is 0 Å². The molecule has 0 amide bonds. The number of fused-ring (bicyclic) bond motifs is 1. The Morgan fingerprint density at radius 1 is 1.25 bits per heavy atom. The van der Waals surface area contributed by atoms with E-state index in [-0.39, 0.29) is 0 Å². The van der Waals surface area contributed by atoms with Crippen LogP contribution in [0.1, 0.15) is 41.0 Å². The molecule has 68 valence electrons. The molecule has 1 saturated heterocycles. The van der Waals surface area contributed by atoms with Crippen molar-refractivity contribution < 1.29 is 0 Å². The maximum absolute atomic E-state index is 2.56. The maximum Gasteiger partial charge on any atom is 0.0663 e. The summed E-state index contributed by atoms with van der Waals surface area (Å²) in [6.45, 7) is 11.6. The van der Waals surface area contributed by atoms with Crippen LogP contribution in [0, 0.1) is 5.41 Å². The van der Waals surface area contributed by atoms with Crippen LogP contribution in [-0.2, 0) is 0 Å². The van der Waals surface area contributed by atoms with Crippen LogP contribution in [0.4, 0.5) is 0 Å². The third-order valence-electron chi connectivity index (χ3n) is 3.21. The second kappa shape index (κ2) is 2.07. The average Bonchev–Trinajstić information content (AvgIpc) is 2.34. The highest BCUT2D eigenvalue weighted by Gasteiger charge is 2.49. The van der Waals surface area contributed by atoms with Gasteiger partial charge in [-0.25, -0.2) is 0 Å². The van der Waals surface area contributed by atoms with E-state index < -0.39 is 0 Å². The predicted octanol–water partition coefficient (Wildman–Crippen LogP) is 2.78. The third-order valence-corrected chi connectivity index (χ3v) is 3.21. The molecule has 0 radical (unpaired) electrons. The molecule has 2 rings (SSSR count). The van der Waals surface area contributed by atoms with E-state index in [1.165, 1.54) is 6.42 Å². The SMILES string of the molecule is CC1C2=C(C(C)(C)C)C[C@@H](C)N21. The Morgan fingerprint density at radius 3 is 2.08 bits per heavy atom. The summed E-state index contributed by atoms with van der Waals surface area (Å²) in [6.07, 6.45) is 1.29. The van der Waals surface area contributed by atoms with Crippen LogP contribution < -0.4 is 0 Å². The Kier molecular flexibility index (Phi) is 1.40. The van der Waals surface area contributed by atoms with Gasteiger partial charge in [0.1, 0.15) is 0 Å². The molecule has 2 aliphatic rings. The molecule has 0 spiro atoms. The third kappa shape index (κ3) is 0.917. The molecular formula is C11H19N. The first-order valence-corrected chi connectivity index (χ1v) is 4.95. The monoisotopic (exact) mass is 165 g/mol. The number of hydrogen-bond acceptors (Lipinski definition) is 1. The predicted molar refractivity (Wildman–Crippen MR) is 51.9 cm³/mol. The highest BCUT2D eigenvalue weighted by atomic mass is 15.4. The van der Waals surface area contributed by atoms with Crippen molar-refractivity contribution in [3.05, 3.63) is 11.3 Å². The molecule has 0 bridgehead atoms. The Balaban J connectivity index is 2.30. The second-order valence-electron chi connectivity index (χ2n) is 5.25. The first-order valence-electron chi connectivity index (χ1n) is 4.95. The van der Waals surface area contributed by atoms with E-state index in [0.717, 1.165) is 12.1 Å². The summed E-state index contributed by atoms with van der Waals surface area (Å²) in [5, 5.41) is 0. The Bertz CT molecular complexity index is 244. The molecular weight excluding hydrogens is 146 g/mol. The van der Waals surface area contributed by atoms with Crippen LogP contribution in [-0.4, -0.2) is 17.0 Å². The highest BCUT2D eigenvalue weighted by Crippen LogP contribution is 2.51. The van der Waals surface area contributed by atoms with Gasteiger partial charge in [-0.1, -0.05) is 20.8 Å².